The molecule has 7 nitrogen and oxygen atoms in total. The molecule has 1 aromatic carbocycles. The fraction of sp³-hybridized carbons (Fsp3) is 0.176. The normalized spacial score (nSPS) is 11.0. The maximum Gasteiger partial charge on any atom is 0.257 e. The Labute approximate surface area is 158 Å². The number of thioether (sulfide) groups is 1. The summed E-state index contributed by atoms with van der Waals surface area (Å²) in [6.45, 7) is 0. The van der Waals surface area contributed by atoms with Crippen LogP contribution >= 0.6 is 23.1 Å². The van der Waals surface area contributed by atoms with Crippen molar-refractivity contribution in [3.63, 3.8) is 0 Å². The molecule has 4 rings (SSSR count). The van der Waals surface area contributed by atoms with E-state index in [-0.39, 0.29) is 0 Å². The van der Waals surface area contributed by atoms with Crippen LogP contribution in [-0.4, -0.2) is 32.0 Å². The summed E-state index contributed by atoms with van der Waals surface area (Å²) in [6, 6.07) is 11.5. The molecule has 26 heavy (non-hydrogen) atoms. The molecule has 0 amide bonds. The highest BCUT2D eigenvalue weighted by molar-refractivity contribution is 7.98. The van der Waals surface area contributed by atoms with Crippen molar-refractivity contribution in [1.29, 1.82) is 0 Å². The zero-order chi connectivity index (χ0) is 17.9. The lowest BCUT2D eigenvalue weighted by Crippen LogP contribution is -1.94. The first kappa shape index (κ1) is 16.8. The molecule has 0 spiro atoms. The average Bonchev–Trinajstić information content (AvgIpc) is 3.41. The van der Waals surface area contributed by atoms with E-state index >= 15 is 0 Å². The summed E-state index contributed by atoms with van der Waals surface area (Å²) < 4.78 is 12.5. The van der Waals surface area contributed by atoms with E-state index in [2.05, 4.69) is 20.3 Å². The number of aromatic nitrogens is 5. The highest BCUT2D eigenvalue weighted by Gasteiger charge is 2.14. The van der Waals surface area contributed by atoms with E-state index in [1.54, 1.807) is 18.4 Å². The number of rotatable bonds is 6. The van der Waals surface area contributed by atoms with Crippen molar-refractivity contribution >= 4 is 23.1 Å². The Hall–Kier alpha value is -2.65. The largest absolute Gasteiger partial charge is 0.497 e. The molecule has 0 radical (unpaired) electrons. The van der Waals surface area contributed by atoms with E-state index < -0.39 is 0 Å². The zero-order valence-electron chi connectivity index (χ0n) is 14.1. The topological polar surface area (TPSA) is 78.9 Å². The van der Waals surface area contributed by atoms with Gasteiger partial charge in [0.05, 0.1) is 17.7 Å². The summed E-state index contributed by atoms with van der Waals surface area (Å²) in [7, 11) is 3.59. The molecular weight excluding hydrogens is 370 g/mol. The Balaban J connectivity index is 1.45. The van der Waals surface area contributed by atoms with Gasteiger partial charge in [-0.15, -0.1) is 21.5 Å². The standard InChI is InChI=1S/C17H15N5O2S2/c1-22-15(13-4-3-9-25-13)19-20-17(22)26-10-14-18-16(24-21-14)11-5-7-12(23-2)8-6-11/h3-9H,10H2,1-2H3. The maximum absolute atomic E-state index is 5.35. The van der Waals surface area contributed by atoms with Crippen molar-refractivity contribution in [2.75, 3.05) is 7.11 Å². The molecule has 0 aliphatic carbocycles. The van der Waals surface area contributed by atoms with Crippen LogP contribution in [0.3, 0.4) is 0 Å². The second-order valence-electron chi connectivity index (χ2n) is 5.38. The highest BCUT2D eigenvalue weighted by Crippen LogP contribution is 2.28. The van der Waals surface area contributed by atoms with E-state index in [9.17, 15) is 0 Å². The van der Waals surface area contributed by atoms with Gasteiger partial charge in [0, 0.05) is 12.6 Å². The molecule has 3 aromatic heterocycles. The first-order valence-corrected chi connectivity index (χ1v) is 9.64. The van der Waals surface area contributed by atoms with E-state index in [4.69, 9.17) is 9.26 Å². The second-order valence-corrected chi connectivity index (χ2v) is 7.27. The average molecular weight is 385 g/mol. The molecule has 132 valence electrons. The monoisotopic (exact) mass is 385 g/mol. The van der Waals surface area contributed by atoms with Gasteiger partial charge < -0.3 is 13.8 Å². The summed E-state index contributed by atoms with van der Waals surface area (Å²) >= 11 is 3.16. The van der Waals surface area contributed by atoms with E-state index in [0.29, 0.717) is 17.5 Å². The van der Waals surface area contributed by atoms with E-state index in [1.165, 1.54) is 11.8 Å². The summed E-state index contributed by atoms with van der Waals surface area (Å²) in [4.78, 5) is 5.53. The lowest BCUT2D eigenvalue weighted by atomic mass is 10.2. The van der Waals surface area contributed by atoms with Crippen LogP contribution in [0.1, 0.15) is 5.82 Å². The van der Waals surface area contributed by atoms with Crippen LogP contribution in [0.25, 0.3) is 22.2 Å². The predicted octanol–water partition coefficient (Wildman–Crippen LogP) is 3.89. The van der Waals surface area contributed by atoms with Gasteiger partial charge in [-0.1, -0.05) is 23.0 Å². The smallest absolute Gasteiger partial charge is 0.257 e. The Bertz CT molecular complexity index is 993. The maximum atomic E-state index is 5.35. The van der Waals surface area contributed by atoms with Crippen molar-refractivity contribution in [3.05, 3.63) is 47.6 Å². The summed E-state index contributed by atoms with van der Waals surface area (Å²) in [5.41, 5.74) is 0.855. The van der Waals surface area contributed by atoms with Crippen LogP contribution in [0.2, 0.25) is 0 Å². The number of benzene rings is 1. The van der Waals surface area contributed by atoms with E-state index in [1.807, 2.05) is 53.4 Å². The Morgan fingerprint density at radius 1 is 1.19 bits per heavy atom. The quantitative estimate of drug-likeness (QED) is 0.466. The number of hydrogen-bond donors (Lipinski definition) is 0. The minimum Gasteiger partial charge on any atom is -0.497 e. The third-order valence-corrected chi connectivity index (χ3v) is 5.59. The van der Waals surface area contributed by atoms with Crippen LogP contribution in [0, 0.1) is 0 Å². The summed E-state index contributed by atoms with van der Waals surface area (Å²) in [5, 5.41) is 15.4. The van der Waals surface area contributed by atoms with Gasteiger partial charge in [0.25, 0.3) is 5.89 Å². The molecule has 3 heterocycles. The number of nitrogens with zero attached hydrogens (tertiary/aromatic N) is 5. The molecule has 0 unspecified atom stereocenters. The number of ether oxygens (including phenoxy) is 1. The van der Waals surface area contributed by atoms with Crippen LogP contribution in [0.5, 0.6) is 5.75 Å². The minimum absolute atomic E-state index is 0.487. The van der Waals surface area contributed by atoms with E-state index in [0.717, 1.165) is 27.2 Å². The molecule has 9 heteroatoms. The first-order valence-electron chi connectivity index (χ1n) is 7.77. The molecule has 0 saturated carbocycles. The Morgan fingerprint density at radius 3 is 2.77 bits per heavy atom. The highest BCUT2D eigenvalue weighted by atomic mass is 32.2. The number of hydrogen-bond acceptors (Lipinski definition) is 8. The van der Waals surface area contributed by atoms with Gasteiger partial charge in [-0.3, -0.25) is 0 Å². The molecule has 0 aliphatic heterocycles. The van der Waals surface area contributed by atoms with Crippen molar-refractivity contribution < 1.29 is 9.26 Å². The Morgan fingerprint density at radius 2 is 2.04 bits per heavy atom. The van der Waals surface area contributed by atoms with Gasteiger partial charge >= 0.3 is 0 Å². The summed E-state index contributed by atoms with van der Waals surface area (Å²) in [6.07, 6.45) is 0. The van der Waals surface area contributed by atoms with Crippen LogP contribution in [-0.2, 0) is 12.8 Å². The van der Waals surface area contributed by atoms with Crippen molar-refractivity contribution in [3.8, 4) is 27.9 Å². The SMILES string of the molecule is COc1ccc(-c2nc(CSc3nnc(-c4cccs4)n3C)no2)cc1. The third kappa shape index (κ3) is 3.35. The molecule has 0 aliphatic rings. The molecule has 4 aromatic rings. The van der Waals surface area contributed by atoms with Crippen molar-refractivity contribution in [2.45, 2.75) is 10.9 Å². The molecule has 0 atom stereocenters. The summed E-state index contributed by atoms with van der Waals surface area (Å²) in [5.74, 6) is 3.29. The van der Waals surface area contributed by atoms with Gasteiger partial charge in [0.15, 0.2) is 16.8 Å². The first-order chi connectivity index (χ1) is 12.7. The van der Waals surface area contributed by atoms with Gasteiger partial charge in [0.1, 0.15) is 5.75 Å². The molecule has 0 N–H and O–H groups in total. The van der Waals surface area contributed by atoms with Gasteiger partial charge in [0.2, 0.25) is 0 Å². The third-order valence-electron chi connectivity index (χ3n) is 3.71. The molecular formula is C17H15N5O2S2. The van der Waals surface area contributed by atoms with Crippen LogP contribution in [0.15, 0.2) is 51.5 Å². The molecule has 0 fully saturated rings. The zero-order valence-corrected chi connectivity index (χ0v) is 15.8. The van der Waals surface area contributed by atoms with Crippen LogP contribution < -0.4 is 4.74 Å². The van der Waals surface area contributed by atoms with Crippen molar-refractivity contribution in [2.24, 2.45) is 7.05 Å². The minimum atomic E-state index is 0.487. The van der Waals surface area contributed by atoms with Gasteiger partial charge in [-0.25, -0.2) is 0 Å². The second kappa shape index (κ2) is 7.30. The molecule has 0 bridgehead atoms. The lowest BCUT2D eigenvalue weighted by molar-refractivity contribution is 0.414. The Kier molecular flexibility index (Phi) is 4.72. The number of methoxy groups -OCH3 is 1. The fourth-order valence-corrected chi connectivity index (χ4v) is 3.85. The van der Waals surface area contributed by atoms with Crippen molar-refractivity contribution in [1.82, 2.24) is 24.9 Å². The predicted molar refractivity (Wildman–Crippen MR) is 100 cm³/mol. The van der Waals surface area contributed by atoms with Crippen LogP contribution in [0.4, 0.5) is 0 Å². The van der Waals surface area contributed by atoms with Gasteiger partial charge in [-0.2, -0.15) is 4.98 Å². The fourth-order valence-electron chi connectivity index (χ4n) is 2.35. The molecule has 0 saturated heterocycles. The lowest BCUT2D eigenvalue weighted by Gasteiger charge is -2.00. The number of thiophene rings is 1. The van der Waals surface area contributed by atoms with Gasteiger partial charge in [-0.05, 0) is 35.7 Å².